The van der Waals surface area contributed by atoms with Gasteiger partial charge in [-0.1, -0.05) is 24.4 Å². The van der Waals surface area contributed by atoms with Gasteiger partial charge in [0.15, 0.2) is 0 Å². The van der Waals surface area contributed by atoms with E-state index in [2.05, 4.69) is 25.3 Å². The van der Waals surface area contributed by atoms with Crippen LogP contribution in [0.4, 0.5) is 5.95 Å². The van der Waals surface area contributed by atoms with Crippen LogP contribution < -0.4 is 5.32 Å². The van der Waals surface area contributed by atoms with Crippen LogP contribution in [0.1, 0.15) is 32.1 Å². The van der Waals surface area contributed by atoms with Crippen LogP contribution in [0.3, 0.4) is 0 Å². The van der Waals surface area contributed by atoms with E-state index >= 15 is 0 Å². The second-order valence-corrected chi connectivity index (χ2v) is 3.72. The van der Waals surface area contributed by atoms with Crippen molar-refractivity contribution in [3.05, 3.63) is 28.9 Å². The molecule has 0 radical (unpaired) electrons. The van der Waals surface area contributed by atoms with Crippen LogP contribution in [0.5, 0.6) is 0 Å². The number of unbranched alkanes of at least 4 members (excludes halogenated alkanes) is 4. The summed E-state index contributed by atoms with van der Waals surface area (Å²) in [5.41, 5.74) is 8.09. The molecule has 0 amide bonds. The van der Waals surface area contributed by atoms with Gasteiger partial charge in [0, 0.05) is 30.4 Å². The van der Waals surface area contributed by atoms with Gasteiger partial charge in [-0.15, -0.1) is 0 Å². The summed E-state index contributed by atoms with van der Waals surface area (Å²) in [4.78, 5) is 10.9. The zero-order valence-electron chi connectivity index (χ0n) is 9.92. The lowest BCUT2D eigenvalue weighted by molar-refractivity contribution is 0.627. The first-order valence-electron chi connectivity index (χ1n) is 5.95. The number of hydrogen-bond donors (Lipinski definition) is 1. The smallest absolute Gasteiger partial charge is 0.222 e. The zero-order valence-corrected chi connectivity index (χ0v) is 9.92. The molecular weight excluding hydrogens is 216 g/mol. The molecule has 0 atom stereocenters. The third-order valence-electron chi connectivity index (χ3n) is 2.35. The fourth-order valence-corrected chi connectivity index (χ4v) is 1.47. The molecule has 0 saturated carbocycles. The normalized spacial score (nSPS) is 9.65. The molecule has 0 bridgehead atoms. The molecule has 1 aromatic heterocycles. The Morgan fingerprint density at radius 2 is 1.82 bits per heavy atom. The Labute approximate surface area is 101 Å². The number of anilines is 1. The van der Waals surface area contributed by atoms with Crippen molar-refractivity contribution in [3.8, 4) is 0 Å². The average molecular weight is 234 g/mol. The molecule has 0 spiro atoms. The van der Waals surface area contributed by atoms with E-state index in [1.807, 2.05) is 0 Å². The number of nitrogens with one attached hydrogen (secondary N) is 1. The monoisotopic (exact) mass is 234 g/mol. The Morgan fingerprint density at radius 3 is 2.59 bits per heavy atom. The van der Waals surface area contributed by atoms with Crippen LogP contribution in [0.15, 0.2) is 23.6 Å². The molecule has 0 aromatic carbocycles. The second-order valence-electron chi connectivity index (χ2n) is 3.72. The summed E-state index contributed by atoms with van der Waals surface area (Å²) in [6, 6.07) is 1.80. The second kappa shape index (κ2) is 9.42. The molecule has 0 aliphatic heterocycles. The summed E-state index contributed by atoms with van der Waals surface area (Å²) < 4.78 is 0. The lowest BCUT2D eigenvalue weighted by Gasteiger charge is -2.03. The lowest BCUT2D eigenvalue weighted by Crippen LogP contribution is -2.04. The molecule has 1 aromatic rings. The molecule has 1 N–H and O–H groups in total. The van der Waals surface area contributed by atoms with E-state index in [1.165, 1.54) is 12.8 Å². The minimum absolute atomic E-state index is 0.618. The molecule has 0 saturated heterocycles. The van der Waals surface area contributed by atoms with Crippen molar-refractivity contribution in [1.82, 2.24) is 9.97 Å². The van der Waals surface area contributed by atoms with Gasteiger partial charge in [-0.05, 0) is 24.4 Å². The van der Waals surface area contributed by atoms with Crippen molar-refractivity contribution in [2.75, 3.05) is 18.4 Å². The Balaban J connectivity index is 1.89. The standard InChI is InChI=1S/C11H18N6/c12-17-16-10-5-3-1-2-4-7-13-11-14-8-6-9-15-11/h6,8-9H,1-5,7,10H2,(H,13,14,15). The highest BCUT2D eigenvalue weighted by Gasteiger charge is 1.93. The summed E-state index contributed by atoms with van der Waals surface area (Å²) in [5, 5.41) is 6.66. The Bertz CT molecular complexity index is 333. The number of rotatable bonds is 9. The summed E-state index contributed by atoms with van der Waals surface area (Å²) >= 11 is 0. The highest BCUT2D eigenvalue weighted by atomic mass is 15.1. The predicted octanol–water partition coefficient (Wildman–Crippen LogP) is 3.15. The van der Waals surface area contributed by atoms with E-state index in [0.717, 1.165) is 25.8 Å². The van der Waals surface area contributed by atoms with E-state index in [9.17, 15) is 0 Å². The van der Waals surface area contributed by atoms with Gasteiger partial charge in [0.05, 0.1) is 0 Å². The molecule has 6 heteroatoms. The molecular formula is C11H18N6. The molecule has 17 heavy (non-hydrogen) atoms. The Morgan fingerprint density at radius 1 is 1.12 bits per heavy atom. The topological polar surface area (TPSA) is 86.6 Å². The molecule has 0 aliphatic rings. The fraction of sp³-hybridized carbons (Fsp3) is 0.636. The van der Waals surface area contributed by atoms with Gasteiger partial charge in [0.1, 0.15) is 0 Å². The largest absolute Gasteiger partial charge is 0.354 e. The first kappa shape index (κ1) is 13.3. The molecule has 0 unspecified atom stereocenters. The van der Waals surface area contributed by atoms with Crippen molar-refractivity contribution in [3.63, 3.8) is 0 Å². The molecule has 0 fully saturated rings. The summed E-state index contributed by atoms with van der Waals surface area (Å²) in [6.07, 6.45) is 9.03. The van der Waals surface area contributed by atoms with E-state index < -0.39 is 0 Å². The van der Waals surface area contributed by atoms with Crippen molar-refractivity contribution in [1.29, 1.82) is 0 Å². The summed E-state index contributed by atoms with van der Waals surface area (Å²) in [6.45, 7) is 1.52. The number of nitrogens with zero attached hydrogens (tertiary/aromatic N) is 5. The highest BCUT2D eigenvalue weighted by molar-refractivity contribution is 5.21. The summed E-state index contributed by atoms with van der Waals surface area (Å²) in [5.74, 6) is 0.691. The first-order chi connectivity index (χ1) is 8.43. The molecule has 1 heterocycles. The van der Waals surface area contributed by atoms with E-state index in [1.54, 1.807) is 18.5 Å². The maximum absolute atomic E-state index is 8.09. The maximum Gasteiger partial charge on any atom is 0.222 e. The minimum atomic E-state index is 0.618. The van der Waals surface area contributed by atoms with Crippen LogP contribution in [-0.2, 0) is 0 Å². The van der Waals surface area contributed by atoms with Gasteiger partial charge in [0.2, 0.25) is 5.95 Å². The fourth-order valence-electron chi connectivity index (χ4n) is 1.47. The maximum atomic E-state index is 8.09. The lowest BCUT2D eigenvalue weighted by atomic mass is 10.1. The number of aromatic nitrogens is 2. The van der Waals surface area contributed by atoms with Crippen LogP contribution in [0.2, 0.25) is 0 Å². The number of azide groups is 1. The van der Waals surface area contributed by atoms with Gasteiger partial charge in [-0.2, -0.15) is 0 Å². The van der Waals surface area contributed by atoms with Gasteiger partial charge in [0.25, 0.3) is 0 Å². The first-order valence-corrected chi connectivity index (χ1v) is 5.95. The third kappa shape index (κ3) is 7.14. The highest BCUT2D eigenvalue weighted by Crippen LogP contribution is 2.04. The van der Waals surface area contributed by atoms with Crippen molar-refractivity contribution in [2.45, 2.75) is 32.1 Å². The molecule has 0 aliphatic carbocycles. The van der Waals surface area contributed by atoms with Crippen LogP contribution in [0, 0.1) is 0 Å². The SMILES string of the molecule is [N-]=[N+]=NCCCCCCCNc1ncccn1. The van der Waals surface area contributed by atoms with Crippen LogP contribution in [0.25, 0.3) is 10.4 Å². The minimum Gasteiger partial charge on any atom is -0.354 e. The van der Waals surface area contributed by atoms with Gasteiger partial charge in [-0.3, -0.25) is 0 Å². The molecule has 6 nitrogen and oxygen atoms in total. The molecule has 1 rings (SSSR count). The molecule has 92 valence electrons. The summed E-state index contributed by atoms with van der Waals surface area (Å²) in [7, 11) is 0. The number of hydrogen-bond acceptors (Lipinski definition) is 4. The Hall–Kier alpha value is -1.81. The van der Waals surface area contributed by atoms with Gasteiger partial charge in [-0.25, -0.2) is 9.97 Å². The van der Waals surface area contributed by atoms with Gasteiger partial charge >= 0.3 is 0 Å². The van der Waals surface area contributed by atoms with Crippen molar-refractivity contribution >= 4 is 5.95 Å². The quantitative estimate of drug-likeness (QED) is 0.308. The van der Waals surface area contributed by atoms with Crippen molar-refractivity contribution < 1.29 is 0 Å². The van der Waals surface area contributed by atoms with E-state index in [0.29, 0.717) is 12.5 Å². The zero-order chi connectivity index (χ0) is 12.2. The third-order valence-corrected chi connectivity index (χ3v) is 2.35. The Kier molecular flexibility index (Phi) is 7.34. The average Bonchev–Trinajstić information content (AvgIpc) is 2.38. The van der Waals surface area contributed by atoms with Crippen molar-refractivity contribution in [2.24, 2.45) is 5.11 Å². The van der Waals surface area contributed by atoms with Crippen LogP contribution >= 0.6 is 0 Å². The predicted molar refractivity (Wildman–Crippen MR) is 67.6 cm³/mol. The van der Waals surface area contributed by atoms with E-state index in [-0.39, 0.29) is 0 Å². The van der Waals surface area contributed by atoms with E-state index in [4.69, 9.17) is 5.53 Å². The van der Waals surface area contributed by atoms with Gasteiger partial charge < -0.3 is 5.32 Å². The van der Waals surface area contributed by atoms with Crippen LogP contribution in [-0.4, -0.2) is 23.1 Å².